The van der Waals surface area contributed by atoms with E-state index >= 15 is 0 Å². The Bertz CT molecular complexity index is 1040. The lowest BCUT2D eigenvalue weighted by atomic mass is 10.1. The van der Waals surface area contributed by atoms with Crippen LogP contribution in [0.1, 0.15) is 11.1 Å². The molecule has 1 aliphatic heterocycles. The minimum Gasteiger partial charge on any atom is -0.488 e. The van der Waals surface area contributed by atoms with Gasteiger partial charge in [-0.2, -0.15) is 0 Å². The maximum Gasteiger partial charge on any atom is 0.329 e. The summed E-state index contributed by atoms with van der Waals surface area (Å²) < 4.78 is 6.56. The van der Waals surface area contributed by atoms with Gasteiger partial charge in [-0.05, 0) is 36.4 Å². The van der Waals surface area contributed by atoms with E-state index in [0.29, 0.717) is 26.3 Å². The van der Waals surface area contributed by atoms with Crippen molar-refractivity contribution in [2.75, 3.05) is 6.54 Å². The van der Waals surface area contributed by atoms with Gasteiger partial charge < -0.3 is 15.2 Å². The van der Waals surface area contributed by atoms with Crippen molar-refractivity contribution >= 4 is 63.1 Å². The highest BCUT2D eigenvalue weighted by atomic mass is 79.9. The molecular formula is C19H13BrCl2N2O5. The number of urea groups is 1. The van der Waals surface area contributed by atoms with Crippen molar-refractivity contribution in [1.29, 1.82) is 0 Å². The quantitative estimate of drug-likeness (QED) is 0.456. The number of aliphatic carboxylic acids is 1. The second-order valence-corrected chi connectivity index (χ2v) is 7.74. The predicted octanol–water partition coefficient (Wildman–Crippen LogP) is 4.31. The lowest BCUT2D eigenvalue weighted by Crippen LogP contribution is -2.35. The molecule has 1 heterocycles. The smallest absolute Gasteiger partial charge is 0.329 e. The molecule has 29 heavy (non-hydrogen) atoms. The summed E-state index contributed by atoms with van der Waals surface area (Å²) in [6.45, 7) is -0.571. The van der Waals surface area contributed by atoms with E-state index in [-0.39, 0.29) is 12.3 Å². The number of rotatable bonds is 6. The first-order valence-electron chi connectivity index (χ1n) is 8.17. The van der Waals surface area contributed by atoms with E-state index in [0.717, 1.165) is 10.0 Å². The number of hydrogen-bond donors (Lipinski definition) is 2. The first kappa shape index (κ1) is 21.2. The fourth-order valence-electron chi connectivity index (χ4n) is 2.56. The van der Waals surface area contributed by atoms with Crippen molar-refractivity contribution in [3.8, 4) is 5.75 Å². The van der Waals surface area contributed by atoms with Crippen LogP contribution in [0.2, 0.25) is 10.0 Å². The fraction of sp³-hybridized carbons (Fsp3) is 0.105. The van der Waals surface area contributed by atoms with E-state index in [1.165, 1.54) is 6.08 Å². The number of carboxylic acids is 1. The van der Waals surface area contributed by atoms with Gasteiger partial charge in [0, 0.05) is 25.6 Å². The summed E-state index contributed by atoms with van der Waals surface area (Å²) in [5.41, 5.74) is 1.17. The van der Waals surface area contributed by atoms with Crippen LogP contribution in [0.4, 0.5) is 4.79 Å². The fourth-order valence-corrected chi connectivity index (χ4v) is 3.41. The minimum atomic E-state index is -1.29. The highest BCUT2D eigenvalue weighted by molar-refractivity contribution is 9.10. The first-order valence-corrected chi connectivity index (χ1v) is 9.72. The number of imide groups is 1. The molecule has 0 bridgehead atoms. The van der Waals surface area contributed by atoms with Crippen molar-refractivity contribution in [2.24, 2.45) is 0 Å². The van der Waals surface area contributed by atoms with E-state index in [2.05, 4.69) is 21.2 Å². The summed E-state index contributed by atoms with van der Waals surface area (Å²) >= 11 is 15.4. The number of carbonyl (C=O) groups is 3. The Labute approximate surface area is 184 Å². The van der Waals surface area contributed by atoms with Gasteiger partial charge in [0.25, 0.3) is 5.91 Å². The molecule has 0 saturated carbocycles. The van der Waals surface area contributed by atoms with Crippen molar-refractivity contribution < 1.29 is 24.2 Å². The topological polar surface area (TPSA) is 95.9 Å². The van der Waals surface area contributed by atoms with Gasteiger partial charge in [0.2, 0.25) is 0 Å². The van der Waals surface area contributed by atoms with Crippen molar-refractivity contribution in [1.82, 2.24) is 10.2 Å². The normalized spacial score (nSPS) is 15.0. The first-order chi connectivity index (χ1) is 13.7. The third-order valence-corrected chi connectivity index (χ3v) is 5.01. The maximum atomic E-state index is 12.3. The number of hydrogen-bond acceptors (Lipinski definition) is 4. The van der Waals surface area contributed by atoms with Crippen LogP contribution in [0, 0.1) is 0 Å². The third kappa shape index (κ3) is 5.09. The number of nitrogens with one attached hydrogen (secondary N) is 1. The highest BCUT2D eigenvalue weighted by Crippen LogP contribution is 2.29. The van der Waals surface area contributed by atoms with Gasteiger partial charge in [-0.3, -0.25) is 9.59 Å². The largest absolute Gasteiger partial charge is 0.488 e. The Morgan fingerprint density at radius 1 is 1.21 bits per heavy atom. The SMILES string of the molecule is O=C(O)CN1C(=O)N/C(=C/c2cc(Br)ccc2OCc2ccc(Cl)cc2Cl)C1=O. The van der Waals surface area contributed by atoms with Gasteiger partial charge in [-0.15, -0.1) is 0 Å². The molecule has 1 saturated heterocycles. The maximum absolute atomic E-state index is 12.3. The van der Waals surface area contributed by atoms with Gasteiger partial charge >= 0.3 is 12.0 Å². The molecule has 0 unspecified atom stereocenters. The zero-order chi connectivity index (χ0) is 21.1. The van der Waals surface area contributed by atoms with E-state index in [1.54, 1.807) is 36.4 Å². The molecular weight excluding hydrogens is 487 g/mol. The Hall–Kier alpha value is -2.55. The number of nitrogens with zero attached hydrogens (tertiary/aromatic N) is 1. The molecule has 2 aromatic carbocycles. The van der Waals surface area contributed by atoms with Crippen molar-refractivity contribution in [3.05, 3.63) is 67.7 Å². The Kier molecular flexibility index (Phi) is 6.46. The van der Waals surface area contributed by atoms with E-state index in [4.69, 9.17) is 33.0 Å². The summed E-state index contributed by atoms with van der Waals surface area (Å²) in [5, 5.41) is 12.2. The molecule has 2 N–H and O–H groups in total. The van der Waals surface area contributed by atoms with Gasteiger partial charge in [0.1, 0.15) is 24.6 Å². The van der Waals surface area contributed by atoms with Crippen LogP contribution in [0.5, 0.6) is 5.75 Å². The summed E-state index contributed by atoms with van der Waals surface area (Å²) in [6.07, 6.45) is 1.42. The molecule has 3 amide bonds. The molecule has 150 valence electrons. The number of benzene rings is 2. The molecule has 0 radical (unpaired) electrons. The number of amides is 3. The van der Waals surface area contributed by atoms with Gasteiger partial charge in [0.05, 0.1) is 0 Å². The molecule has 7 nitrogen and oxygen atoms in total. The average molecular weight is 500 g/mol. The zero-order valence-corrected chi connectivity index (χ0v) is 17.7. The zero-order valence-electron chi connectivity index (χ0n) is 14.6. The second-order valence-electron chi connectivity index (χ2n) is 5.98. The van der Waals surface area contributed by atoms with E-state index < -0.39 is 24.5 Å². The standard InChI is InChI=1S/C19H13BrCl2N2O5/c20-12-2-4-16(29-9-10-1-3-13(21)7-14(10)22)11(5-12)6-15-18(27)24(8-17(25)26)19(28)23-15/h1-7H,8-9H2,(H,23,28)(H,25,26)/b15-6+. The monoisotopic (exact) mass is 498 g/mol. The van der Waals surface area contributed by atoms with Crippen LogP contribution >= 0.6 is 39.1 Å². The van der Waals surface area contributed by atoms with E-state index in [1.807, 2.05) is 0 Å². The van der Waals surface area contributed by atoms with Crippen molar-refractivity contribution in [3.63, 3.8) is 0 Å². The van der Waals surface area contributed by atoms with Crippen LogP contribution in [-0.4, -0.2) is 34.5 Å². The Morgan fingerprint density at radius 2 is 1.97 bits per heavy atom. The molecule has 0 aliphatic carbocycles. The molecule has 3 rings (SSSR count). The van der Waals surface area contributed by atoms with Crippen LogP contribution in [0.3, 0.4) is 0 Å². The number of ether oxygens (including phenoxy) is 1. The summed E-state index contributed by atoms with van der Waals surface area (Å²) in [7, 11) is 0. The highest BCUT2D eigenvalue weighted by Gasteiger charge is 2.35. The summed E-state index contributed by atoms with van der Waals surface area (Å²) in [6, 6.07) is 9.39. The van der Waals surface area contributed by atoms with Crippen LogP contribution in [0.25, 0.3) is 6.08 Å². The lowest BCUT2D eigenvalue weighted by Gasteiger charge is -2.12. The minimum absolute atomic E-state index is 0.0521. The van der Waals surface area contributed by atoms with Crippen LogP contribution in [-0.2, 0) is 16.2 Å². The number of carboxylic acid groups (broad SMARTS) is 1. The molecule has 1 fully saturated rings. The molecule has 0 aromatic heterocycles. The third-order valence-electron chi connectivity index (χ3n) is 3.93. The number of halogens is 3. The van der Waals surface area contributed by atoms with Gasteiger partial charge in [-0.25, -0.2) is 9.69 Å². The molecule has 10 heteroatoms. The van der Waals surface area contributed by atoms with Crippen molar-refractivity contribution in [2.45, 2.75) is 6.61 Å². The van der Waals surface area contributed by atoms with Crippen LogP contribution in [0.15, 0.2) is 46.6 Å². The van der Waals surface area contributed by atoms with Gasteiger partial charge in [0.15, 0.2) is 0 Å². The van der Waals surface area contributed by atoms with Gasteiger partial charge in [-0.1, -0.05) is 45.2 Å². The molecule has 0 atom stereocenters. The Morgan fingerprint density at radius 3 is 2.66 bits per heavy atom. The molecule has 2 aromatic rings. The van der Waals surface area contributed by atoms with E-state index in [9.17, 15) is 14.4 Å². The summed E-state index contributed by atoms with van der Waals surface area (Å²) in [4.78, 5) is 35.7. The summed E-state index contributed by atoms with van der Waals surface area (Å²) in [5.74, 6) is -1.59. The molecule has 1 aliphatic rings. The number of carbonyl (C=O) groups excluding carboxylic acids is 2. The average Bonchev–Trinajstić information content (AvgIpc) is 2.89. The van der Waals surface area contributed by atoms with Crippen LogP contribution < -0.4 is 10.1 Å². The predicted molar refractivity (Wildman–Crippen MR) is 111 cm³/mol. The lowest BCUT2D eigenvalue weighted by molar-refractivity contribution is -0.140. The second kappa shape index (κ2) is 8.86. The molecule has 0 spiro atoms. The Balaban J connectivity index is 1.85.